The van der Waals surface area contributed by atoms with Crippen LogP contribution in [0.15, 0.2) is 54.6 Å². The van der Waals surface area contributed by atoms with Crippen molar-refractivity contribution in [1.82, 2.24) is 0 Å². The molecule has 0 saturated carbocycles. The Morgan fingerprint density at radius 3 is 2.25 bits per heavy atom. The fourth-order valence-corrected chi connectivity index (χ4v) is 3.75. The molecule has 0 aromatic heterocycles. The van der Waals surface area contributed by atoms with Gasteiger partial charge < -0.3 is 13.8 Å². The number of ether oxygens (including phenoxy) is 1. The van der Waals surface area contributed by atoms with Gasteiger partial charge in [-0.05, 0) is 37.6 Å². The molecule has 0 fully saturated rings. The van der Waals surface area contributed by atoms with E-state index < -0.39 is 13.6 Å². The average molecular weight is 348 g/mol. The molecule has 128 valence electrons. The molecule has 5 nitrogen and oxygen atoms in total. The first-order valence-electron chi connectivity index (χ1n) is 7.80. The van der Waals surface area contributed by atoms with E-state index in [1.54, 1.807) is 32.0 Å². The molecule has 0 heterocycles. The molecule has 0 N–H and O–H groups in total. The summed E-state index contributed by atoms with van der Waals surface area (Å²) in [6, 6.07) is 15.8. The molecule has 2 aromatic rings. The lowest BCUT2D eigenvalue weighted by Crippen LogP contribution is -2.14. The molecular weight excluding hydrogens is 327 g/mol. The van der Waals surface area contributed by atoms with Crippen molar-refractivity contribution in [3.05, 3.63) is 65.7 Å². The summed E-state index contributed by atoms with van der Waals surface area (Å²) < 4.78 is 28.7. The highest BCUT2D eigenvalue weighted by Gasteiger charge is 2.27. The summed E-state index contributed by atoms with van der Waals surface area (Å²) in [5.74, 6) is -0.486. The van der Waals surface area contributed by atoms with Gasteiger partial charge in [0.1, 0.15) is 6.61 Å². The van der Waals surface area contributed by atoms with Gasteiger partial charge in [-0.25, -0.2) is 4.79 Å². The molecule has 0 aliphatic heterocycles. The van der Waals surface area contributed by atoms with Gasteiger partial charge in [-0.3, -0.25) is 4.57 Å². The van der Waals surface area contributed by atoms with Crippen LogP contribution in [0.2, 0.25) is 0 Å². The van der Waals surface area contributed by atoms with Crippen LogP contribution in [0.4, 0.5) is 0 Å². The Balaban J connectivity index is 2.14. The van der Waals surface area contributed by atoms with Gasteiger partial charge in [-0.2, -0.15) is 0 Å². The number of rotatable bonds is 8. The monoisotopic (exact) mass is 348 g/mol. The maximum absolute atomic E-state index is 12.8. The van der Waals surface area contributed by atoms with Crippen LogP contribution in [0.5, 0.6) is 0 Å². The van der Waals surface area contributed by atoms with E-state index in [9.17, 15) is 9.36 Å². The van der Waals surface area contributed by atoms with E-state index in [0.29, 0.717) is 10.9 Å². The van der Waals surface area contributed by atoms with E-state index in [1.807, 2.05) is 30.3 Å². The van der Waals surface area contributed by atoms with Crippen LogP contribution in [0, 0.1) is 0 Å². The number of esters is 1. The van der Waals surface area contributed by atoms with Gasteiger partial charge in [-0.15, -0.1) is 0 Å². The Bertz CT molecular complexity index is 704. The topological polar surface area (TPSA) is 61.8 Å². The lowest BCUT2D eigenvalue weighted by atomic mass is 10.2. The van der Waals surface area contributed by atoms with E-state index in [1.165, 1.54) is 6.07 Å². The van der Waals surface area contributed by atoms with Crippen molar-refractivity contribution < 1.29 is 23.1 Å². The van der Waals surface area contributed by atoms with Crippen molar-refractivity contribution in [2.45, 2.75) is 20.5 Å². The summed E-state index contributed by atoms with van der Waals surface area (Å²) in [5, 5.41) is 0.348. The van der Waals surface area contributed by atoms with Crippen molar-refractivity contribution in [2.24, 2.45) is 0 Å². The Labute approximate surface area is 142 Å². The molecule has 0 saturated heterocycles. The highest BCUT2D eigenvalue weighted by Crippen LogP contribution is 2.46. The van der Waals surface area contributed by atoms with Gasteiger partial charge >= 0.3 is 13.6 Å². The number of hydrogen-bond donors (Lipinski definition) is 0. The Morgan fingerprint density at radius 1 is 0.958 bits per heavy atom. The standard InChI is InChI=1S/C18H21O5P/c1-3-22-24(20,23-4-2)17-12-8-11-16(13-17)18(19)21-14-15-9-6-5-7-10-15/h5-13H,3-4,14H2,1-2H3. The van der Waals surface area contributed by atoms with Crippen LogP contribution >= 0.6 is 7.60 Å². The van der Waals surface area contributed by atoms with E-state index in [0.717, 1.165) is 5.56 Å². The zero-order valence-electron chi connectivity index (χ0n) is 13.8. The molecular formula is C18H21O5P. The van der Waals surface area contributed by atoms with Gasteiger partial charge in [0.25, 0.3) is 0 Å². The molecule has 0 atom stereocenters. The van der Waals surface area contributed by atoms with Crippen LogP contribution in [0.25, 0.3) is 0 Å². The van der Waals surface area contributed by atoms with E-state index in [4.69, 9.17) is 13.8 Å². The highest BCUT2D eigenvalue weighted by molar-refractivity contribution is 7.62. The maximum atomic E-state index is 12.8. The van der Waals surface area contributed by atoms with Gasteiger partial charge in [0, 0.05) is 0 Å². The summed E-state index contributed by atoms with van der Waals surface area (Å²) in [5.41, 5.74) is 1.21. The van der Waals surface area contributed by atoms with Crippen molar-refractivity contribution in [3.8, 4) is 0 Å². The maximum Gasteiger partial charge on any atom is 0.361 e. The summed E-state index contributed by atoms with van der Waals surface area (Å²) in [4.78, 5) is 12.2. The average Bonchev–Trinajstić information content (AvgIpc) is 2.61. The number of hydrogen-bond acceptors (Lipinski definition) is 5. The molecule has 0 aliphatic carbocycles. The third-order valence-electron chi connectivity index (χ3n) is 3.21. The van der Waals surface area contributed by atoms with Crippen LogP contribution in [-0.4, -0.2) is 19.2 Å². The van der Waals surface area contributed by atoms with Crippen LogP contribution in [-0.2, 0) is 25.0 Å². The summed E-state index contributed by atoms with van der Waals surface area (Å²) in [6.45, 7) is 4.16. The van der Waals surface area contributed by atoms with Crippen molar-refractivity contribution in [3.63, 3.8) is 0 Å². The van der Waals surface area contributed by atoms with E-state index in [2.05, 4.69) is 0 Å². The quantitative estimate of drug-likeness (QED) is 0.534. The second-order valence-electron chi connectivity index (χ2n) is 4.95. The first-order valence-corrected chi connectivity index (χ1v) is 9.34. The summed E-state index contributed by atoms with van der Waals surface area (Å²) in [6.07, 6.45) is 0. The largest absolute Gasteiger partial charge is 0.457 e. The van der Waals surface area contributed by atoms with E-state index >= 15 is 0 Å². The van der Waals surface area contributed by atoms with Crippen molar-refractivity contribution in [2.75, 3.05) is 13.2 Å². The summed E-state index contributed by atoms with van der Waals surface area (Å²) in [7, 11) is -3.42. The SMILES string of the molecule is CCOP(=O)(OCC)c1cccc(C(=O)OCc2ccccc2)c1. The first kappa shape index (κ1) is 18.4. The molecule has 0 bridgehead atoms. The summed E-state index contributed by atoms with van der Waals surface area (Å²) >= 11 is 0. The second kappa shape index (κ2) is 8.78. The number of benzene rings is 2. The third kappa shape index (κ3) is 4.78. The Hall–Kier alpha value is -1.94. The van der Waals surface area contributed by atoms with Gasteiger partial charge in [0.05, 0.1) is 24.1 Å². The molecule has 0 amide bonds. The van der Waals surface area contributed by atoms with Gasteiger partial charge in [-0.1, -0.05) is 36.4 Å². The lowest BCUT2D eigenvalue weighted by molar-refractivity contribution is 0.0473. The van der Waals surface area contributed by atoms with Crippen molar-refractivity contribution in [1.29, 1.82) is 0 Å². The first-order chi connectivity index (χ1) is 11.6. The van der Waals surface area contributed by atoms with Crippen molar-refractivity contribution >= 4 is 18.9 Å². The highest BCUT2D eigenvalue weighted by atomic mass is 31.2. The molecule has 2 rings (SSSR count). The predicted molar refractivity (Wildman–Crippen MR) is 92.5 cm³/mol. The molecule has 0 aliphatic rings. The number of carbonyl (C=O) groups is 1. The molecule has 0 spiro atoms. The Morgan fingerprint density at radius 2 is 1.62 bits per heavy atom. The normalized spacial score (nSPS) is 11.2. The molecule has 24 heavy (non-hydrogen) atoms. The predicted octanol–water partition coefficient (Wildman–Crippen LogP) is 3.94. The molecule has 0 unspecified atom stereocenters. The zero-order chi connectivity index (χ0) is 17.4. The molecule has 0 radical (unpaired) electrons. The third-order valence-corrected chi connectivity index (χ3v) is 5.32. The fraction of sp³-hybridized carbons (Fsp3) is 0.278. The minimum Gasteiger partial charge on any atom is -0.457 e. The van der Waals surface area contributed by atoms with Gasteiger partial charge in [0.15, 0.2) is 0 Å². The van der Waals surface area contributed by atoms with Crippen LogP contribution in [0.3, 0.4) is 0 Å². The second-order valence-corrected chi connectivity index (χ2v) is 6.97. The molecule has 6 heteroatoms. The zero-order valence-corrected chi connectivity index (χ0v) is 14.7. The van der Waals surface area contributed by atoms with Crippen LogP contribution in [0.1, 0.15) is 29.8 Å². The lowest BCUT2D eigenvalue weighted by Gasteiger charge is -2.17. The minimum absolute atomic E-state index is 0.179. The smallest absolute Gasteiger partial charge is 0.361 e. The minimum atomic E-state index is -3.42. The fourth-order valence-electron chi connectivity index (χ4n) is 2.14. The molecule has 2 aromatic carbocycles. The Kier molecular flexibility index (Phi) is 6.73. The number of carbonyl (C=O) groups excluding carboxylic acids is 1. The van der Waals surface area contributed by atoms with E-state index in [-0.39, 0.29) is 19.8 Å². The van der Waals surface area contributed by atoms with Crippen LogP contribution < -0.4 is 5.30 Å². The van der Waals surface area contributed by atoms with Gasteiger partial charge in [0.2, 0.25) is 0 Å².